The van der Waals surface area contributed by atoms with Crippen molar-refractivity contribution in [3.05, 3.63) is 23.9 Å². The van der Waals surface area contributed by atoms with Crippen LogP contribution in [-0.4, -0.2) is 22.5 Å². The maximum atomic E-state index is 12.5. The summed E-state index contributed by atoms with van der Waals surface area (Å²) < 4.78 is 5.20. The van der Waals surface area contributed by atoms with Gasteiger partial charge in [-0.15, -0.1) is 0 Å². The van der Waals surface area contributed by atoms with E-state index < -0.39 is 11.7 Å². The molecule has 1 fully saturated rings. The molecule has 0 unspecified atom stereocenters. The molecule has 0 atom stereocenters. The molecule has 5 heteroatoms. The largest absolute Gasteiger partial charge is 0.444 e. The highest BCUT2D eigenvalue weighted by Crippen LogP contribution is 2.29. The Hall–Kier alpha value is -1.91. The van der Waals surface area contributed by atoms with Crippen LogP contribution in [0.25, 0.3) is 0 Å². The number of pyridine rings is 1. The predicted molar refractivity (Wildman–Crippen MR) is 80.4 cm³/mol. The number of Topliss-reactive ketones (excluding diaryl/α,β-unsaturated/α-hetero) is 1. The first-order valence-electron chi connectivity index (χ1n) is 7.36. The molecule has 0 bridgehead atoms. The van der Waals surface area contributed by atoms with Gasteiger partial charge in [-0.25, -0.2) is 9.78 Å². The number of nitrogens with zero attached hydrogens (tertiary/aromatic N) is 1. The first kappa shape index (κ1) is 15.5. The number of ketones is 1. The van der Waals surface area contributed by atoms with Gasteiger partial charge in [0, 0.05) is 12.1 Å². The molecule has 0 radical (unpaired) electrons. The van der Waals surface area contributed by atoms with Crippen molar-refractivity contribution in [2.75, 3.05) is 5.32 Å². The fourth-order valence-corrected chi connectivity index (χ4v) is 2.51. The average Bonchev–Trinajstić information content (AvgIpc) is 2.90. The second kappa shape index (κ2) is 6.24. The van der Waals surface area contributed by atoms with Crippen LogP contribution in [0.2, 0.25) is 0 Å². The summed E-state index contributed by atoms with van der Waals surface area (Å²) in [6.07, 6.45) is 4.97. The van der Waals surface area contributed by atoms with Gasteiger partial charge in [-0.05, 0) is 45.7 Å². The smallest absolute Gasteiger partial charge is 0.413 e. The van der Waals surface area contributed by atoms with Gasteiger partial charge in [0.05, 0.1) is 5.56 Å². The first-order chi connectivity index (χ1) is 9.87. The van der Waals surface area contributed by atoms with E-state index in [0.717, 1.165) is 25.7 Å². The predicted octanol–water partition coefficient (Wildman–Crippen LogP) is 3.80. The van der Waals surface area contributed by atoms with Crippen molar-refractivity contribution < 1.29 is 14.3 Å². The third kappa shape index (κ3) is 4.28. The zero-order chi connectivity index (χ0) is 15.5. The zero-order valence-electron chi connectivity index (χ0n) is 12.8. The van der Waals surface area contributed by atoms with Gasteiger partial charge in [0.15, 0.2) is 5.78 Å². The molecule has 21 heavy (non-hydrogen) atoms. The Kier molecular flexibility index (Phi) is 4.60. The van der Waals surface area contributed by atoms with Crippen molar-refractivity contribution in [2.45, 2.75) is 52.1 Å². The van der Waals surface area contributed by atoms with Crippen LogP contribution >= 0.6 is 0 Å². The van der Waals surface area contributed by atoms with E-state index >= 15 is 0 Å². The van der Waals surface area contributed by atoms with E-state index in [-0.39, 0.29) is 17.5 Å². The quantitative estimate of drug-likeness (QED) is 0.860. The zero-order valence-corrected chi connectivity index (χ0v) is 12.8. The minimum atomic E-state index is -0.596. The van der Waals surface area contributed by atoms with Crippen LogP contribution in [0.1, 0.15) is 56.8 Å². The van der Waals surface area contributed by atoms with E-state index in [1.165, 1.54) is 0 Å². The van der Waals surface area contributed by atoms with E-state index in [1.807, 2.05) is 0 Å². The Morgan fingerprint density at radius 2 is 1.95 bits per heavy atom. The Morgan fingerprint density at radius 1 is 1.29 bits per heavy atom. The lowest BCUT2D eigenvalue weighted by atomic mass is 9.97. The van der Waals surface area contributed by atoms with Crippen LogP contribution in [-0.2, 0) is 4.74 Å². The second-order valence-corrected chi connectivity index (χ2v) is 6.37. The highest BCUT2D eigenvalue weighted by molar-refractivity contribution is 6.04. The SMILES string of the molecule is CC(C)(C)OC(=O)Nc1ncccc1C(=O)C1CCCC1. The van der Waals surface area contributed by atoms with E-state index in [9.17, 15) is 9.59 Å². The number of carbonyl (C=O) groups excluding carboxylic acids is 2. The van der Waals surface area contributed by atoms with Crippen LogP contribution in [0, 0.1) is 5.92 Å². The summed E-state index contributed by atoms with van der Waals surface area (Å²) in [6, 6.07) is 3.42. The van der Waals surface area contributed by atoms with E-state index in [2.05, 4.69) is 10.3 Å². The minimum absolute atomic E-state index is 0.0494. The third-order valence-electron chi connectivity index (χ3n) is 3.42. The molecular formula is C16H22N2O3. The number of anilines is 1. The van der Waals surface area contributed by atoms with Crippen molar-refractivity contribution in [3.63, 3.8) is 0 Å². The molecule has 1 saturated carbocycles. The first-order valence-corrected chi connectivity index (χ1v) is 7.36. The lowest BCUT2D eigenvalue weighted by Gasteiger charge is -2.20. The molecule has 1 aliphatic carbocycles. The summed E-state index contributed by atoms with van der Waals surface area (Å²) in [5.74, 6) is 0.392. The third-order valence-corrected chi connectivity index (χ3v) is 3.42. The van der Waals surface area contributed by atoms with Crippen LogP contribution in [0.4, 0.5) is 10.6 Å². The molecule has 1 aromatic rings. The number of hydrogen-bond acceptors (Lipinski definition) is 4. The van der Waals surface area contributed by atoms with Crippen molar-refractivity contribution in [2.24, 2.45) is 5.92 Å². The van der Waals surface area contributed by atoms with E-state index in [0.29, 0.717) is 5.56 Å². The van der Waals surface area contributed by atoms with Crippen molar-refractivity contribution >= 4 is 17.7 Å². The monoisotopic (exact) mass is 290 g/mol. The molecule has 1 aliphatic rings. The number of ether oxygens (including phenoxy) is 1. The number of hydrogen-bond donors (Lipinski definition) is 1. The summed E-state index contributed by atoms with van der Waals surface area (Å²) in [4.78, 5) is 28.5. The summed E-state index contributed by atoms with van der Waals surface area (Å²) in [5, 5.41) is 2.58. The molecule has 2 rings (SSSR count). The van der Waals surface area contributed by atoms with Crippen molar-refractivity contribution in [3.8, 4) is 0 Å². The molecule has 0 aliphatic heterocycles. The normalized spacial score (nSPS) is 15.8. The highest BCUT2D eigenvalue weighted by atomic mass is 16.6. The molecule has 0 spiro atoms. The fraction of sp³-hybridized carbons (Fsp3) is 0.562. The molecule has 1 amide bonds. The van der Waals surface area contributed by atoms with Gasteiger partial charge < -0.3 is 4.74 Å². The molecule has 1 aromatic heterocycles. The van der Waals surface area contributed by atoms with Gasteiger partial charge in [0.2, 0.25) is 0 Å². The van der Waals surface area contributed by atoms with Gasteiger partial charge in [-0.3, -0.25) is 10.1 Å². The van der Waals surface area contributed by atoms with Crippen molar-refractivity contribution in [1.29, 1.82) is 0 Å². The van der Waals surface area contributed by atoms with Gasteiger partial charge in [-0.2, -0.15) is 0 Å². The summed E-state index contributed by atoms with van der Waals surface area (Å²) in [7, 11) is 0. The molecule has 1 heterocycles. The minimum Gasteiger partial charge on any atom is -0.444 e. The van der Waals surface area contributed by atoms with Gasteiger partial charge in [0.25, 0.3) is 0 Å². The Labute approximate surface area is 125 Å². The molecule has 5 nitrogen and oxygen atoms in total. The number of rotatable bonds is 3. The number of carbonyl (C=O) groups is 2. The maximum absolute atomic E-state index is 12.5. The van der Waals surface area contributed by atoms with Gasteiger partial charge >= 0.3 is 6.09 Å². The maximum Gasteiger partial charge on any atom is 0.413 e. The Bertz CT molecular complexity index is 529. The molecular weight excluding hydrogens is 268 g/mol. The number of nitrogens with one attached hydrogen (secondary N) is 1. The summed E-state index contributed by atoms with van der Waals surface area (Å²) in [5.41, 5.74) is -0.121. The molecule has 1 N–H and O–H groups in total. The second-order valence-electron chi connectivity index (χ2n) is 6.37. The van der Waals surface area contributed by atoms with Crippen LogP contribution < -0.4 is 5.32 Å². The van der Waals surface area contributed by atoms with Crippen LogP contribution in [0.15, 0.2) is 18.3 Å². The van der Waals surface area contributed by atoms with Crippen LogP contribution in [0.3, 0.4) is 0 Å². The van der Waals surface area contributed by atoms with Gasteiger partial charge in [-0.1, -0.05) is 12.8 Å². The van der Waals surface area contributed by atoms with E-state index in [4.69, 9.17) is 4.74 Å². The van der Waals surface area contributed by atoms with Crippen LogP contribution in [0.5, 0.6) is 0 Å². The number of aromatic nitrogens is 1. The number of amides is 1. The van der Waals surface area contributed by atoms with E-state index in [1.54, 1.807) is 39.1 Å². The fourth-order valence-electron chi connectivity index (χ4n) is 2.51. The summed E-state index contributed by atoms with van der Waals surface area (Å²) >= 11 is 0. The lowest BCUT2D eigenvalue weighted by molar-refractivity contribution is 0.0635. The summed E-state index contributed by atoms with van der Waals surface area (Å²) in [6.45, 7) is 5.36. The Morgan fingerprint density at radius 3 is 2.57 bits per heavy atom. The highest BCUT2D eigenvalue weighted by Gasteiger charge is 2.27. The average molecular weight is 290 g/mol. The van der Waals surface area contributed by atoms with Crippen molar-refractivity contribution in [1.82, 2.24) is 4.98 Å². The van der Waals surface area contributed by atoms with Gasteiger partial charge in [0.1, 0.15) is 11.4 Å². The molecule has 114 valence electrons. The topological polar surface area (TPSA) is 68.3 Å². The Balaban J connectivity index is 2.13. The lowest BCUT2D eigenvalue weighted by Crippen LogP contribution is -2.28. The standard InChI is InChI=1S/C16H22N2O3/c1-16(2,3)21-15(20)18-14-12(9-6-10-17-14)13(19)11-7-4-5-8-11/h6,9-11H,4-5,7-8H2,1-3H3,(H,17,18,20). The molecule has 0 saturated heterocycles. The molecule has 0 aromatic carbocycles.